The minimum atomic E-state index is -0.0502. The molecule has 2 heteroatoms. The fraction of sp³-hybridized carbons (Fsp3) is 0.400. The molecule has 0 unspecified atom stereocenters. The minimum Gasteiger partial charge on any atom is -0.497 e. The number of rotatable bonds is 6. The lowest BCUT2D eigenvalue weighted by molar-refractivity contribution is 0.234. The van der Waals surface area contributed by atoms with E-state index in [4.69, 9.17) is 10.00 Å². The van der Waals surface area contributed by atoms with Gasteiger partial charge in [0.1, 0.15) is 6.61 Å². The van der Waals surface area contributed by atoms with Crippen molar-refractivity contribution in [1.29, 1.82) is 5.26 Å². The van der Waals surface area contributed by atoms with Gasteiger partial charge in [0.25, 0.3) is 0 Å². The molecular formula is C15H19NO. The van der Waals surface area contributed by atoms with E-state index in [-0.39, 0.29) is 5.92 Å². The summed E-state index contributed by atoms with van der Waals surface area (Å²) < 4.78 is 5.40. The van der Waals surface area contributed by atoms with Crippen molar-refractivity contribution in [1.82, 2.24) is 0 Å². The van der Waals surface area contributed by atoms with E-state index in [9.17, 15) is 0 Å². The third-order valence-electron chi connectivity index (χ3n) is 2.39. The van der Waals surface area contributed by atoms with Gasteiger partial charge < -0.3 is 4.74 Å². The van der Waals surface area contributed by atoms with E-state index < -0.39 is 0 Å². The Kier molecular flexibility index (Phi) is 5.88. The summed E-state index contributed by atoms with van der Waals surface area (Å²) in [6, 6.07) is 12.3. The highest BCUT2D eigenvalue weighted by Crippen LogP contribution is 2.12. The molecule has 0 aliphatic heterocycles. The lowest BCUT2D eigenvalue weighted by atomic mass is 9.99. The topological polar surface area (TPSA) is 33.0 Å². The van der Waals surface area contributed by atoms with Crippen LogP contribution in [0.2, 0.25) is 0 Å². The van der Waals surface area contributed by atoms with E-state index in [1.807, 2.05) is 36.4 Å². The van der Waals surface area contributed by atoms with Gasteiger partial charge in [-0.3, -0.25) is 0 Å². The van der Waals surface area contributed by atoms with Crippen molar-refractivity contribution in [3.63, 3.8) is 0 Å². The lowest BCUT2D eigenvalue weighted by Crippen LogP contribution is -1.98. The molecule has 0 fully saturated rings. The third kappa shape index (κ3) is 5.77. The average Bonchev–Trinajstić information content (AvgIpc) is 2.34. The molecule has 17 heavy (non-hydrogen) atoms. The molecule has 1 atom stereocenters. The molecule has 90 valence electrons. The molecule has 0 saturated carbocycles. The van der Waals surface area contributed by atoms with E-state index in [2.05, 4.69) is 19.9 Å². The van der Waals surface area contributed by atoms with Crippen LogP contribution in [0, 0.1) is 23.2 Å². The van der Waals surface area contributed by atoms with Crippen molar-refractivity contribution >= 4 is 0 Å². The molecule has 0 spiro atoms. The van der Waals surface area contributed by atoms with Gasteiger partial charge in [-0.2, -0.15) is 5.26 Å². The quantitative estimate of drug-likeness (QED) is 0.693. The summed E-state index contributed by atoms with van der Waals surface area (Å²) in [5, 5.41) is 8.93. The number of hydrogen-bond donors (Lipinski definition) is 0. The smallest absolute Gasteiger partial charge is 0.112 e. The van der Waals surface area contributed by atoms with Crippen molar-refractivity contribution < 1.29 is 4.74 Å². The van der Waals surface area contributed by atoms with Gasteiger partial charge in [0.2, 0.25) is 0 Å². The van der Waals surface area contributed by atoms with E-state index in [1.54, 1.807) is 6.26 Å². The fourth-order valence-electron chi connectivity index (χ4n) is 1.55. The summed E-state index contributed by atoms with van der Waals surface area (Å²) >= 11 is 0. The summed E-state index contributed by atoms with van der Waals surface area (Å²) in [5.41, 5.74) is 1.13. The molecule has 0 aliphatic carbocycles. The van der Waals surface area contributed by atoms with Crippen LogP contribution in [-0.4, -0.2) is 0 Å². The molecule has 2 nitrogen and oxygen atoms in total. The van der Waals surface area contributed by atoms with Crippen LogP contribution in [0.5, 0.6) is 0 Å². The number of allylic oxidation sites excluding steroid dienone is 1. The van der Waals surface area contributed by atoms with E-state index in [0.29, 0.717) is 12.5 Å². The van der Waals surface area contributed by atoms with Gasteiger partial charge in [0, 0.05) is 0 Å². The Hall–Kier alpha value is -1.75. The maximum atomic E-state index is 8.93. The first-order valence-corrected chi connectivity index (χ1v) is 5.94. The van der Waals surface area contributed by atoms with Crippen molar-refractivity contribution in [3.8, 4) is 6.07 Å². The van der Waals surface area contributed by atoms with Crippen LogP contribution in [0.4, 0.5) is 0 Å². The summed E-state index contributed by atoms with van der Waals surface area (Å²) in [6.45, 7) is 4.78. The number of ether oxygens (including phenoxy) is 1. The highest BCUT2D eigenvalue weighted by atomic mass is 16.5. The summed E-state index contributed by atoms with van der Waals surface area (Å²) in [4.78, 5) is 0. The minimum absolute atomic E-state index is 0.0502. The zero-order chi connectivity index (χ0) is 12.5. The van der Waals surface area contributed by atoms with E-state index in [0.717, 1.165) is 12.0 Å². The number of hydrogen-bond acceptors (Lipinski definition) is 2. The Labute approximate surface area is 104 Å². The second kappa shape index (κ2) is 7.51. The molecule has 0 amide bonds. The maximum absolute atomic E-state index is 8.93. The van der Waals surface area contributed by atoms with Gasteiger partial charge in [-0.15, -0.1) is 0 Å². The van der Waals surface area contributed by atoms with Gasteiger partial charge in [0.15, 0.2) is 0 Å². The Morgan fingerprint density at radius 3 is 2.59 bits per heavy atom. The zero-order valence-corrected chi connectivity index (χ0v) is 10.5. The summed E-state index contributed by atoms with van der Waals surface area (Å²) in [5.74, 6) is 0.476. The lowest BCUT2D eigenvalue weighted by Gasteiger charge is -2.06. The van der Waals surface area contributed by atoms with Gasteiger partial charge in [-0.05, 0) is 24.0 Å². The zero-order valence-electron chi connectivity index (χ0n) is 10.5. The SMILES string of the molecule is CC(C)C[C@H](C#N)/C=C/OCc1ccccc1. The Balaban J connectivity index is 2.32. The highest BCUT2D eigenvalue weighted by Gasteiger charge is 2.05. The average molecular weight is 229 g/mol. The van der Waals surface area contributed by atoms with Gasteiger partial charge in [0.05, 0.1) is 18.2 Å². The summed E-state index contributed by atoms with van der Waals surface area (Å²) in [6.07, 6.45) is 4.36. The first-order chi connectivity index (χ1) is 8.22. The second-order valence-electron chi connectivity index (χ2n) is 4.49. The van der Waals surface area contributed by atoms with Gasteiger partial charge in [-0.25, -0.2) is 0 Å². The van der Waals surface area contributed by atoms with Crippen LogP contribution in [0.1, 0.15) is 25.8 Å². The van der Waals surface area contributed by atoms with E-state index >= 15 is 0 Å². The van der Waals surface area contributed by atoms with Crippen LogP contribution in [-0.2, 0) is 11.3 Å². The highest BCUT2D eigenvalue weighted by molar-refractivity contribution is 5.13. The number of nitrogens with zero attached hydrogens (tertiary/aromatic N) is 1. The van der Waals surface area contributed by atoms with Crippen LogP contribution >= 0.6 is 0 Å². The molecule has 0 radical (unpaired) electrons. The second-order valence-corrected chi connectivity index (χ2v) is 4.49. The van der Waals surface area contributed by atoms with Crippen LogP contribution in [0.15, 0.2) is 42.7 Å². The number of nitriles is 1. The molecule has 0 aliphatic rings. The van der Waals surface area contributed by atoms with Gasteiger partial charge >= 0.3 is 0 Å². The number of benzene rings is 1. The predicted octanol–water partition coefficient (Wildman–Crippen LogP) is 3.90. The fourth-order valence-corrected chi connectivity index (χ4v) is 1.55. The molecule has 0 heterocycles. The van der Waals surface area contributed by atoms with Crippen molar-refractivity contribution in [2.45, 2.75) is 26.9 Å². The van der Waals surface area contributed by atoms with Crippen LogP contribution in [0.3, 0.4) is 0 Å². The van der Waals surface area contributed by atoms with Crippen LogP contribution in [0.25, 0.3) is 0 Å². The molecule has 1 aromatic rings. The molecule has 1 aromatic carbocycles. The first-order valence-electron chi connectivity index (χ1n) is 5.94. The van der Waals surface area contributed by atoms with E-state index in [1.165, 1.54) is 0 Å². The molecule has 0 bridgehead atoms. The van der Waals surface area contributed by atoms with Crippen molar-refractivity contribution in [3.05, 3.63) is 48.2 Å². The summed E-state index contributed by atoms with van der Waals surface area (Å²) in [7, 11) is 0. The molecule has 0 aromatic heterocycles. The molecule has 1 rings (SSSR count). The first kappa shape index (κ1) is 13.3. The predicted molar refractivity (Wildman–Crippen MR) is 68.9 cm³/mol. The van der Waals surface area contributed by atoms with Gasteiger partial charge in [-0.1, -0.05) is 44.2 Å². The molecule has 0 saturated heterocycles. The Bertz CT molecular complexity index is 376. The normalized spacial score (nSPS) is 12.6. The molecule has 0 N–H and O–H groups in total. The maximum Gasteiger partial charge on any atom is 0.112 e. The van der Waals surface area contributed by atoms with Crippen molar-refractivity contribution in [2.75, 3.05) is 0 Å². The Morgan fingerprint density at radius 2 is 2.00 bits per heavy atom. The monoisotopic (exact) mass is 229 g/mol. The largest absolute Gasteiger partial charge is 0.497 e. The van der Waals surface area contributed by atoms with Crippen molar-refractivity contribution in [2.24, 2.45) is 11.8 Å². The molecular weight excluding hydrogens is 210 g/mol. The third-order valence-corrected chi connectivity index (χ3v) is 2.39. The Morgan fingerprint density at radius 1 is 1.29 bits per heavy atom. The van der Waals surface area contributed by atoms with Crippen LogP contribution < -0.4 is 0 Å². The standard InChI is InChI=1S/C15H19NO/c1-13(2)10-15(11-16)8-9-17-12-14-6-4-3-5-7-14/h3-9,13,15H,10,12H2,1-2H3/b9-8+/t15-/m1/s1.